The van der Waals surface area contributed by atoms with Crippen LogP contribution >= 0.6 is 11.3 Å². The molecular formula is C10H9NO3S. The Balaban J connectivity index is 0.000000187. The van der Waals surface area contributed by atoms with Gasteiger partial charge in [0.05, 0.1) is 0 Å². The number of thiophene rings is 1. The maximum Gasteiger partial charge on any atom is 0.512 e. The van der Waals surface area contributed by atoms with Gasteiger partial charge in [0.25, 0.3) is 0 Å². The van der Waals surface area contributed by atoms with E-state index in [0.717, 1.165) is 0 Å². The van der Waals surface area contributed by atoms with E-state index in [4.69, 9.17) is 5.11 Å². The predicted octanol–water partition coefficient (Wildman–Crippen LogP) is 2.89. The monoisotopic (exact) mass is 223 g/mol. The van der Waals surface area contributed by atoms with E-state index in [9.17, 15) is 4.79 Å². The molecule has 2 heterocycles. The van der Waals surface area contributed by atoms with E-state index in [-0.39, 0.29) is 5.88 Å². The third-order valence-corrected chi connectivity index (χ3v) is 1.88. The lowest BCUT2D eigenvalue weighted by Gasteiger charge is -1.94. The number of hydrogen-bond acceptors (Lipinski definition) is 4. The zero-order valence-electron chi connectivity index (χ0n) is 7.74. The zero-order valence-corrected chi connectivity index (χ0v) is 8.55. The summed E-state index contributed by atoms with van der Waals surface area (Å²) in [6.45, 7) is 0. The Morgan fingerprint density at radius 2 is 2.00 bits per heavy atom. The van der Waals surface area contributed by atoms with E-state index in [2.05, 4.69) is 9.72 Å². The molecule has 78 valence electrons. The van der Waals surface area contributed by atoms with Crippen LogP contribution < -0.4 is 4.74 Å². The molecular weight excluding hydrogens is 214 g/mol. The molecule has 15 heavy (non-hydrogen) atoms. The van der Waals surface area contributed by atoms with Crippen molar-refractivity contribution >= 4 is 17.5 Å². The normalized spacial score (nSPS) is 8.53. The van der Waals surface area contributed by atoms with E-state index in [1.54, 1.807) is 23.5 Å². The number of rotatable bonds is 1. The Hall–Kier alpha value is -1.88. The number of nitrogens with zero attached hydrogens (tertiary/aromatic N) is 1. The zero-order chi connectivity index (χ0) is 10.9. The van der Waals surface area contributed by atoms with Crippen LogP contribution in [-0.2, 0) is 0 Å². The summed E-state index contributed by atoms with van der Waals surface area (Å²) in [7, 11) is 0. The van der Waals surface area contributed by atoms with Crippen LogP contribution in [0.1, 0.15) is 0 Å². The number of carboxylic acid groups (broad SMARTS) is 1. The minimum Gasteiger partial charge on any atom is -0.449 e. The third-order valence-electron chi connectivity index (χ3n) is 1.26. The summed E-state index contributed by atoms with van der Waals surface area (Å²) in [6, 6.07) is 8.82. The van der Waals surface area contributed by atoms with Crippen molar-refractivity contribution in [2.75, 3.05) is 0 Å². The number of ether oxygens (including phenoxy) is 1. The Kier molecular flexibility index (Phi) is 4.89. The minimum absolute atomic E-state index is 0.0926. The van der Waals surface area contributed by atoms with Crippen molar-refractivity contribution in [1.82, 2.24) is 4.98 Å². The summed E-state index contributed by atoms with van der Waals surface area (Å²) in [5, 5.41) is 12.2. The fourth-order valence-corrected chi connectivity index (χ4v) is 1.18. The van der Waals surface area contributed by atoms with Crippen LogP contribution in [0.15, 0.2) is 47.3 Å². The van der Waals surface area contributed by atoms with Gasteiger partial charge in [0, 0.05) is 12.3 Å². The SMILES string of the molecule is O=C(O)Oc1ccccn1.c1ccsc1. The molecule has 0 radical (unpaired) electrons. The molecule has 0 aliphatic heterocycles. The van der Waals surface area contributed by atoms with Crippen LogP contribution in [0.25, 0.3) is 0 Å². The highest BCUT2D eigenvalue weighted by atomic mass is 32.1. The first-order valence-corrected chi connectivity index (χ1v) is 5.02. The number of aromatic nitrogens is 1. The van der Waals surface area contributed by atoms with Gasteiger partial charge in [-0.3, -0.25) is 0 Å². The Labute approximate surface area is 90.8 Å². The van der Waals surface area contributed by atoms with E-state index in [0.29, 0.717) is 0 Å². The molecule has 2 aromatic heterocycles. The molecule has 4 nitrogen and oxygen atoms in total. The van der Waals surface area contributed by atoms with Crippen LogP contribution in [0.2, 0.25) is 0 Å². The number of hydrogen-bond donors (Lipinski definition) is 1. The van der Waals surface area contributed by atoms with Gasteiger partial charge in [0.1, 0.15) is 0 Å². The van der Waals surface area contributed by atoms with Gasteiger partial charge < -0.3 is 9.84 Å². The van der Waals surface area contributed by atoms with Gasteiger partial charge in [-0.1, -0.05) is 18.2 Å². The van der Waals surface area contributed by atoms with Crippen molar-refractivity contribution in [3.05, 3.63) is 47.3 Å². The van der Waals surface area contributed by atoms with Crippen LogP contribution in [0, 0.1) is 0 Å². The van der Waals surface area contributed by atoms with Gasteiger partial charge in [-0.2, -0.15) is 11.3 Å². The third kappa shape index (κ3) is 5.43. The second kappa shape index (κ2) is 6.56. The molecule has 0 aromatic carbocycles. The van der Waals surface area contributed by atoms with Gasteiger partial charge in [-0.05, 0) is 16.8 Å². The summed E-state index contributed by atoms with van der Waals surface area (Å²) in [5.41, 5.74) is 0. The molecule has 0 unspecified atom stereocenters. The molecule has 5 heteroatoms. The summed E-state index contributed by atoms with van der Waals surface area (Å²) < 4.78 is 4.22. The molecule has 2 rings (SSSR count). The van der Waals surface area contributed by atoms with Gasteiger partial charge >= 0.3 is 6.16 Å². The summed E-state index contributed by atoms with van der Waals surface area (Å²) in [4.78, 5) is 13.5. The van der Waals surface area contributed by atoms with Crippen LogP contribution in [0.4, 0.5) is 4.79 Å². The molecule has 0 amide bonds. The van der Waals surface area contributed by atoms with Gasteiger partial charge in [-0.15, -0.1) is 0 Å². The molecule has 0 fully saturated rings. The van der Waals surface area contributed by atoms with Crippen LogP contribution in [0.5, 0.6) is 5.88 Å². The van der Waals surface area contributed by atoms with Gasteiger partial charge in [0.2, 0.25) is 5.88 Å². The molecule has 0 saturated heterocycles. The van der Waals surface area contributed by atoms with Gasteiger partial charge in [-0.25, -0.2) is 9.78 Å². The average Bonchev–Trinajstić information content (AvgIpc) is 2.76. The van der Waals surface area contributed by atoms with Crippen LogP contribution in [0.3, 0.4) is 0 Å². The van der Waals surface area contributed by atoms with E-state index < -0.39 is 6.16 Å². The van der Waals surface area contributed by atoms with E-state index in [1.807, 2.05) is 22.9 Å². The standard InChI is InChI=1S/C6H5NO3.C4H4S/c8-6(9)10-5-3-1-2-4-7-5;1-2-4-5-3-1/h1-4H,(H,8,9);1-4H. The first kappa shape index (κ1) is 11.2. The van der Waals surface area contributed by atoms with Crippen molar-refractivity contribution in [2.24, 2.45) is 0 Å². The summed E-state index contributed by atoms with van der Waals surface area (Å²) >= 11 is 1.71. The van der Waals surface area contributed by atoms with Gasteiger partial charge in [0.15, 0.2) is 0 Å². The maximum absolute atomic E-state index is 9.91. The molecule has 0 saturated carbocycles. The largest absolute Gasteiger partial charge is 0.512 e. The lowest BCUT2D eigenvalue weighted by Crippen LogP contribution is -2.03. The highest BCUT2D eigenvalue weighted by Crippen LogP contribution is 2.02. The lowest BCUT2D eigenvalue weighted by atomic mass is 10.5. The van der Waals surface area contributed by atoms with E-state index in [1.165, 1.54) is 12.3 Å². The minimum atomic E-state index is -1.35. The molecule has 0 aliphatic rings. The average molecular weight is 223 g/mol. The quantitative estimate of drug-likeness (QED) is 0.755. The Bertz CT molecular complexity index is 358. The second-order valence-corrected chi connectivity index (χ2v) is 3.15. The summed E-state index contributed by atoms with van der Waals surface area (Å²) in [6.07, 6.45) is 0.108. The second-order valence-electron chi connectivity index (χ2n) is 2.33. The molecule has 0 atom stereocenters. The number of carbonyl (C=O) groups is 1. The van der Waals surface area contributed by atoms with Crippen molar-refractivity contribution in [3.8, 4) is 5.88 Å². The number of pyridine rings is 1. The molecule has 0 bridgehead atoms. The van der Waals surface area contributed by atoms with Crippen molar-refractivity contribution < 1.29 is 14.6 Å². The van der Waals surface area contributed by atoms with Crippen molar-refractivity contribution in [3.63, 3.8) is 0 Å². The summed E-state index contributed by atoms with van der Waals surface area (Å²) in [5.74, 6) is 0.0926. The highest BCUT2D eigenvalue weighted by Gasteiger charge is 1.97. The topological polar surface area (TPSA) is 59.4 Å². The van der Waals surface area contributed by atoms with Crippen LogP contribution in [-0.4, -0.2) is 16.2 Å². The Morgan fingerprint density at radius 1 is 1.27 bits per heavy atom. The molecule has 2 aromatic rings. The maximum atomic E-state index is 9.91. The molecule has 0 spiro atoms. The fourth-order valence-electron chi connectivity index (χ4n) is 0.724. The smallest absolute Gasteiger partial charge is 0.449 e. The van der Waals surface area contributed by atoms with E-state index >= 15 is 0 Å². The molecule has 0 aliphatic carbocycles. The Morgan fingerprint density at radius 3 is 2.40 bits per heavy atom. The lowest BCUT2D eigenvalue weighted by molar-refractivity contribution is 0.142. The predicted molar refractivity (Wildman–Crippen MR) is 57.2 cm³/mol. The molecule has 1 N–H and O–H groups in total. The fraction of sp³-hybridized carbons (Fsp3) is 0. The first-order valence-electron chi connectivity index (χ1n) is 4.08. The van der Waals surface area contributed by atoms with Crippen molar-refractivity contribution in [1.29, 1.82) is 0 Å². The highest BCUT2D eigenvalue weighted by molar-refractivity contribution is 7.07. The first-order chi connectivity index (χ1) is 7.29. The van der Waals surface area contributed by atoms with Crippen molar-refractivity contribution in [2.45, 2.75) is 0 Å².